The number of nitrogen functional groups attached to an aromatic ring is 2. The highest BCUT2D eigenvalue weighted by atomic mass is 15.4. The van der Waals surface area contributed by atoms with Crippen LogP contribution in [0.15, 0.2) is 109 Å². The Morgan fingerprint density at radius 2 is 1.16 bits per heavy atom. The van der Waals surface area contributed by atoms with E-state index < -0.39 is 0 Å². The zero-order valence-electron chi connectivity index (χ0n) is 20.2. The molecule has 8 nitrogen and oxygen atoms in total. The third-order valence-corrected chi connectivity index (χ3v) is 6.64. The number of fused-ring (bicyclic) bond motifs is 3. The third kappa shape index (κ3) is 3.47. The van der Waals surface area contributed by atoms with Crippen molar-refractivity contribution in [2.24, 2.45) is 0 Å². The van der Waals surface area contributed by atoms with Crippen molar-refractivity contribution < 1.29 is 0 Å². The molecule has 8 heteroatoms. The summed E-state index contributed by atoms with van der Waals surface area (Å²) in [6.45, 7) is 0. The van der Waals surface area contributed by atoms with Crippen LogP contribution in [0.25, 0.3) is 22.0 Å². The average Bonchev–Trinajstić information content (AvgIpc) is 2.95. The SMILES string of the molecule is Nc1nc(N)nc(N2c3ccccc3N(c3cccc(-c4nccc5ccccc45)c3)c3ccccc32)n1. The number of rotatable bonds is 3. The number of anilines is 8. The Kier molecular flexibility index (Phi) is 4.90. The molecule has 4 aromatic carbocycles. The topological polar surface area (TPSA) is 110 Å². The molecule has 6 aromatic rings. The van der Waals surface area contributed by atoms with Gasteiger partial charge < -0.3 is 16.4 Å². The van der Waals surface area contributed by atoms with Crippen molar-refractivity contribution in [3.63, 3.8) is 0 Å². The first-order valence-electron chi connectivity index (χ1n) is 12.2. The van der Waals surface area contributed by atoms with Gasteiger partial charge in [0.2, 0.25) is 17.8 Å². The van der Waals surface area contributed by atoms with Crippen LogP contribution in [0, 0.1) is 0 Å². The van der Waals surface area contributed by atoms with Gasteiger partial charge in [0.1, 0.15) is 0 Å². The molecule has 4 N–H and O–H groups in total. The maximum Gasteiger partial charge on any atom is 0.241 e. The fourth-order valence-electron chi connectivity index (χ4n) is 5.08. The van der Waals surface area contributed by atoms with E-state index in [0.29, 0.717) is 5.95 Å². The van der Waals surface area contributed by atoms with Gasteiger partial charge in [-0.2, -0.15) is 15.0 Å². The first kappa shape index (κ1) is 21.8. The quantitative estimate of drug-likeness (QED) is 0.286. The van der Waals surface area contributed by atoms with Crippen LogP contribution in [0.1, 0.15) is 0 Å². The summed E-state index contributed by atoms with van der Waals surface area (Å²) >= 11 is 0. The largest absolute Gasteiger partial charge is 0.368 e. The zero-order chi connectivity index (χ0) is 25.6. The predicted molar refractivity (Wildman–Crippen MR) is 152 cm³/mol. The van der Waals surface area contributed by atoms with Crippen molar-refractivity contribution >= 4 is 57.1 Å². The van der Waals surface area contributed by atoms with E-state index in [9.17, 15) is 0 Å². The number of nitrogens with two attached hydrogens (primary N) is 2. The van der Waals surface area contributed by atoms with Crippen molar-refractivity contribution in [1.29, 1.82) is 0 Å². The molecule has 0 saturated heterocycles. The van der Waals surface area contributed by atoms with E-state index in [1.807, 2.05) is 65.7 Å². The molecule has 7 rings (SSSR count). The lowest BCUT2D eigenvalue weighted by Crippen LogP contribution is -2.25. The summed E-state index contributed by atoms with van der Waals surface area (Å²) in [5.41, 5.74) is 18.6. The summed E-state index contributed by atoms with van der Waals surface area (Å²) in [6.07, 6.45) is 1.86. The van der Waals surface area contributed by atoms with E-state index in [2.05, 4.69) is 68.4 Å². The molecule has 0 atom stereocenters. The summed E-state index contributed by atoms with van der Waals surface area (Å²) in [7, 11) is 0. The molecule has 0 bridgehead atoms. The molecule has 1 aliphatic heterocycles. The van der Waals surface area contributed by atoms with Crippen LogP contribution in [-0.2, 0) is 0 Å². The Bertz CT molecular complexity index is 1760. The van der Waals surface area contributed by atoms with Gasteiger partial charge in [0, 0.05) is 22.8 Å². The zero-order valence-corrected chi connectivity index (χ0v) is 20.2. The van der Waals surface area contributed by atoms with Crippen LogP contribution in [-0.4, -0.2) is 19.9 Å². The van der Waals surface area contributed by atoms with Crippen LogP contribution < -0.4 is 21.3 Å². The van der Waals surface area contributed by atoms with Gasteiger partial charge in [-0.25, -0.2) is 0 Å². The summed E-state index contributed by atoms with van der Waals surface area (Å²) in [5, 5.41) is 2.27. The van der Waals surface area contributed by atoms with Crippen LogP contribution >= 0.6 is 0 Å². The van der Waals surface area contributed by atoms with Crippen molar-refractivity contribution in [2.75, 3.05) is 21.3 Å². The standard InChI is InChI=1S/C30H22N8/c31-28-34-29(32)36-30(35-28)38-25-14-5-3-12-23(25)37(24-13-4-6-15-26(24)38)21-10-7-9-20(18-21)27-22-11-2-1-8-19(22)16-17-33-27/h1-18H,(H4,31,32,34,35,36). The molecule has 0 unspecified atom stereocenters. The van der Waals surface area contributed by atoms with Crippen LogP contribution in [0.3, 0.4) is 0 Å². The van der Waals surface area contributed by atoms with Gasteiger partial charge in [0.25, 0.3) is 0 Å². The second kappa shape index (κ2) is 8.56. The number of benzene rings is 4. The lowest BCUT2D eigenvalue weighted by atomic mass is 10.0. The Morgan fingerprint density at radius 3 is 1.84 bits per heavy atom. The molecule has 3 heterocycles. The predicted octanol–water partition coefficient (Wildman–Crippen LogP) is 6.50. The van der Waals surface area contributed by atoms with E-state index in [0.717, 1.165) is 50.5 Å². The van der Waals surface area contributed by atoms with E-state index >= 15 is 0 Å². The molecule has 0 fully saturated rings. The van der Waals surface area contributed by atoms with Crippen LogP contribution in [0.4, 0.5) is 46.3 Å². The molecule has 0 aliphatic carbocycles. The molecule has 182 valence electrons. The van der Waals surface area contributed by atoms with Gasteiger partial charge in [0.15, 0.2) is 0 Å². The van der Waals surface area contributed by atoms with Crippen LogP contribution in [0.5, 0.6) is 0 Å². The number of hydrogen-bond donors (Lipinski definition) is 2. The minimum atomic E-state index is 0.0696. The van der Waals surface area contributed by atoms with E-state index in [1.165, 1.54) is 0 Å². The highest BCUT2D eigenvalue weighted by Gasteiger charge is 2.31. The summed E-state index contributed by atoms with van der Waals surface area (Å²) in [6, 6.07) is 35.0. The van der Waals surface area contributed by atoms with Crippen molar-refractivity contribution in [1.82, 2.24) is 19.9 Å². The fraction of sp³-hybridized carbons (Fsp3) is 0. The lowest BCUT2D eigenvalue weighted by molar-refractivity contribution is 1.02. The molecule has 0 spiro atoms. The molecule has 0 amide bonds. The van der Waals surface area contributed by atoms with Gasteiger partial charge in [-0.1, -0.05) is 60.7 Å². The lowest BCUT2D eigenvalue weighted by Gasteiger charge is -2.39. The van der Waals surface area contributed by atoms with E-state index in [4.69, 9.17) is 16.5 Å². The van der Waals surface area contributed by atoms with Gasteiger partial charge in [-0.15, -0.1) is 0 Å². The average molecular weight is 495 g/mol. The molecular weight excluding hydrogens is 472 g/mol. The second-order valence-electron chi connectivity index (χ2n) is 8.93. The van der Waals surface area contributed by atoms with Crippen molar-refractivity contribution in [3.8, 4) is 11.3 Å². The van der Waals surface area contributed by atoms with Crippen molar-refractivity contribution in [2.45, 2.75) is 0 Å². The van der Waals surface area contributed by atoms with Crippen molar-refractivity contribution in [3.05, 3.63) is 109 Å². The van der Waals surface area contributed by atoms with Gasteiger partial charge in [-0.05, 0) is 47.9 Å². The first-order chi connectivity index (χ1) is 18.7. The Morgan fingerprint density at radius 1 is 0.553 bits per heavy atom. The monoisotopic (exact) mass is 494 g/mol. The van der Waals surface area contributed by atoms with E-state index in [1.54, 1.807) is 0 Å². The maximum atomic E-state index is 5.95. The smallest absolute Gasteiger partial charge is 0.241 e. The molecule has 0 saturated carbocycles. The maximum absolute atomic E-state index is 5.95. The molecule has 38 heavy (non-hydrogen) atoms. The summed E-state index contributed by atoms with van der Waals surface area (Å²) in [5.74, 6) is 0.503. The van der Waals surface area contributed by atoms with Crippen LogP contribution in [0.2, 0.25) is 0 Å². The molecule has 0 radical (unpaired) electrons. The summed E-state index contributed by atoms with van der Waals surface area (Å²) < 4.78 is 0. The number of hydrogen-bond acceptors (Lipinski definition) is 8. The number of nitrogens with zero attached hydrogens (tertiary/aromatic N) is 6. The number of aromatic nitrogens is 4. The van der Waals surface area contributed by atoms with Gasteiger partial charge in [0.05, 0.1) is 28.4 Å². The second-order valence-corrected chi connectivity index (χ2v) is 8.93. The van der Waals surface area contributed by atoms with Gasteiger partial charge >= 0.3 is 0 Å². The minimum absolute atomic E-state index is 0.0696. The Labute approximate surface area is 218 Å². The fourth-order valence-corrected chi connectivity index (χ4v) is 5.08. The Hall–Kier alpha value is -5.50. The highest BCUT2D eigenvalue weighted by molar-refractivity contribution is 6.01. The minimum Gasteiger partial charge on any atom is -0.368 e. The number of para-hydroxylation sites is 4. The highest BCUT2D eigenvalue weighted by Crippen LogP contribution is 2.53. The molecular formula is C30H22N8. The normalized spacial score (nSPS) is 12.3. The molecule has 2 aromatic heterocycles. The first-order valence-corrected chi connectivity index (χ1v) is 12.2. The molecule has 1 aliphatic rings. The third-order valence-electron chi connectivity index (χ3n) is 6.64. The van der Waals surface area contributed by atoms with E-state index in [-0.39, 0.29) is 11.9 Å². The Balaban J connectivity index is 1.43. The summed E-state index contributed by atoms with van der Waals surface area (Å²) in [4.78, 5) is 21.7. The number of pyridine rings is 1. The van der Waals surface area contributed by atoms with Gasteiger partial charge in [-0.3, -0.25) is 9.88 Å².